The maximum Gasteiger partial charge on any atom is 0.260 e. The molecule has 0 aliphatic heterocycles. The van der Waals surface area contributed by atoms with Crippen LogP contribution in [0.15, 0.2) is 18.2 Å². The Morgan fingerprint density at radius 1 is 1.47 bits per heavy atom. The number of ether oxygens (including phenoxy) is 2. The highest BCUT2D eigenvalue weighted by Gasteiger charge is 2.15. The van der Waals surface area contributed by atoms with Crippen molar-refractivity contribution in [2.24, 2.45) is 5.73 Å². The van der Waals surface area contributed by atoms with E-state index >= 15 is 0 Å². The predicted octanol–water partition coefficient (Wildman–Crippen LogP) is 0.984. The van der Waals surface area contributed by atoms with E-state index in [1.807, 2.05) is 25.1 Å². The van der Waals surface area contributed by atoms with E-state index in [1.165, 1.54) is 0 Å². The number of hydrogen-bond acceptors (Lipinski definition) is 4. The summed E-state index contributed by atoms with van der Waals surface area (Å²) in [6.45, 7) is 5.07. The molecule has 1 atom stereocenters. The van der Waals surface area contributed by atoms with Crippen LogP contribution >= 0.6 is 0 Å². The molecule has 0 radical (unpaired) electrons. The van der Waals surface area contributed by atoms with Gasteiger partial charge < -0.3 is 20.5 Å². The standard InChI is InChI=1S/C14H22N2O3/c1-10-4-5-12(9-15)8-13(10)19-11(2)14(17)16-6-7-18-3/h4-5,8,11H,6-7,9,15H2,1-3H3,(H,16,17). The molecular weight excluding hydrogens is 244 g/mol. The van der Waals surface area contributed by atoms with Crippen molar-refractivity contribution in [1.29, 1.82) is 0 Å². The van der Waals surface area contributed by atoms with Gasteiger partial charge in [-0.15, -0.1) is 0 Å². The second-order valence-electron chi connectivity index (χ2n) is 4.35. The van der Waals surface area contributed by atoms with Crippen LogP contribution in [0.3, 0.4) is 0 Å². The lowest BCUT2D eigenvalue weighted by Crippen LogP contribution is -2.38. The number of aryl methyl sites for hydroxylation is 1. The molecule has 0 aliphatic rings. The predicted molar refractivity (Wildman–Crippen MR) is 74.0 cm³/mol. The number of carbonyl (C=O) groups is 1. The Bertz CT molecular complexity index is 421. The number of rotatable bonds is 7. The van der Waals surface area contributed by atoms with E-state index in [1.54, 1.807) is 14.0 Å². The van der Waals surface area contributed by atoms with Crippen LogP contribution in [0, 0.1) is 6.92 Å². The molecule has 1 aromatic rings. The zero-order valence-corrected chi connectivity index (χ0v) is 11.7. The molecular formula is C14H22N2O3. The Morgan fingerprint density at radius 3 is 2.84 bits per heavy atom. The minimum absolute atomic E-state index is 0.158. The molecule has 0 aromatic heterocycles. The molecule has 0 saturated heterocycles. The summed E-state index contributed by atoms with van der Waals surface area (Å²) in [6, 6.07) is 5.76. The van der Waals surface area contributed by atoms with Gasteiger partial charge in [-0.25, -0.2) is 0 Å². The number of hydrogen-bond donors (Lipinski definition) is 2. The molecule has 0 saturated carbocycles. The van der Waals surface area contributed by atoms with Crippen molar-refractivity contribution in [1.82, 2.24) is 5.32 Å². The van der Waals surface area contributed by atoms with Crippen LogP contribution in [0.5, 0.6) is 5.75 Å². The van der Waals surface area contributed by atoms with Crippen LogP contribution in [0.4, 0.5) is 0 Å². The molecule has 1 amide bonds. The maximum atomic E-state index is 11.8. The highest BCUT2D eigenvalue weighted by atomic mass is 16.5. The van der Waals surface area contributed by atoms with Gasteiger partial charge >= 0.3 is 0 Å². The molecule has 5 nitrogen and oxygen atoms in total. The van der Waals surface area contributed by atoms with Gasteiger partial charge in [0.15, 0.2) is 6.10 Å². The van der Waals surface area contributed by atoms with Gasteiger partial charge in [0, 0.05) is 20.2 Å². The third-order valence-corrected chi connectivity index (χ3v) is 2.77. The Hall–Kier alpha value is -1.59. The van der Waals surface area contributed by atoms with Crippen molar-refractivity contribution in [3.05, 3.63) is 29.3 Å². The largest absolute Gasteiger partial charge is 0.481 e. The van der Waals surface area contributed by atoms with E-state index in [0.29, 0.717) is 25.4 Å². The quantitative estimate of drug-likeness (QED) is 0.722. The number of nitrogens with two attached hydrogens (primary N) is 1. The zero-order valence-electron chi connectivity index (χ0n) is 11.7. The minimum atomic E-state index is -0.552. The highest BCUT2D eigenvalue weighted by Crippen LogP contribution is 2.20. The Labute approximate surface area is 114 Å². The summed E-state index contributed by atoms with van der Waals surface area (Å²) in [4.78, 5) is 11.8. The molecule has 0 fully saturated rings. The van der Waals surface area contributed by atoms with Crippen LogP contribution in [0.1, 0.15) is 18.1 Å². The molecule has 0 heterocycles. The molecule has 5 heteroatoms. The first kappa shape index (κ1) is 15.5. The first-order chi connectivity index (χ1) is 9.08. The fourth-order valence-electron chi connectivity index (χ4n) is 1.56. The SMILES string of the molecule is COCCNC(=O)C(C)Oc1cc(CN)ccc1C. The van der Waals surface area contributed by atoms with E-state index in [0.717, 1.165) is 11.1 Å². The average molecular weight is 266 g/mol. The van der Waals surface area contributed by atoms with Crippen LogP contribution in [-0.4, -0.2) is 32.3 Å². The lowest BCUT2D eigenvalue weighted by Gasteiger charge is -2.16. The van der Waals surface area contributed by atoms with Crippen LogP contribution < -0.4 is 15.8 Å². The van der Waals surface area contributed by atoms with Crippen molar-refractivity contribution in [3.63, 3.8) is 0 Å². The third kappa shape index (κ3) is 4.89. The van der Waals surface area contributed by atoms with E-state index in [4.69, 9.17) is 15.2 Å². The second-order valence-corrected chi connectivity index (χ2v) is 4.35. The summed E-state index contributed by atoms with van der Waals surface area (Å²) in [5.74, 6) is 0.534. The molecule has 1 rings (SSSR count). The fraction of sp³-hybridized carbons (Fsp3) is 0.500. The van der Waals surface area contributed by atoms with E-state index in [-0.39, 0.29) is 5.91 Å². The second kappa shape index (κ2) is 7.76. The van der Waals surface area contributed by atoms with E-state index in [2.05, 4.69) is 5.32 Å². The number of benzene rings is 1. The lowest BCUT2D eigenvalue weighted by molar-refractivity contribution is -0.127. The van der Waals surface area contributed by atoms with Crippen molar-refractivity contribution < 1.29 is 14.3 Å². The Kier molecular flexibility index (Phi) is 6.32. The van der Waals surface area contributed by atoms with Gasteiger partial charge in [0.05, 0.1) is 6.61 Å². The van der Waals surface area contributed by atoms with Gasteiger partial charge in [-0.1, -0.05) is 12.1 Å². The summed E-state index contributed by atoms with van der Waals surface area (Å²) < 4.78 is 10.5. The summed E-state index contributed by atoms with van der Waals surface area (Å²) in [6.07, 6.45) is -0.552. The molecule has 1 unspecified atom stereocenters. The van der Waals surface area contributed by atoms with Gasteiger partial charge in [0.2, 0.25) is 0 Å². The summed E-state index contributed by atoms with van der Waals surface area (Å²) in [5, 5.41) is 2.74. The Balaban J connectivity index is 2.60. The van der Waals surface area contributed by atoms with Gasteiger partial charge in [0.25, 0.3) is 5.91 Å². The van der Waals surface area contributed by atoms with Crippen molar-refractivity contribution in [2.75, 3.05) is 20.3 Å². The van der Waals surface area contributed by atoms with Crippen LogP contribution in [-0.2, 0) is 16.1 Å². The smallest absolute Gasteiger partial charge is 0.260 e. The Morgan fingerprint density at radius 2 is 2.21 bits per heavy atom. The zero-order chi connectivity index (χ0) is 14.3. The van der Waals surface area contributed by atoms with E-state index < -0.39 is 6.10 Å². The summed E-state index contributed by atoms with van der Waals surface area (Å²) >= 11 is 0. The molecule has 106 valence electrons. The number of amides is 1. The van der Waals surface area contributed by atoms with Crippen molar-refractivity contribution >= 4 is 5.91 Å². The number of nitrogens with one attached hydrogen (secondary N) is 1. The summed E-state index contributed by atoms with van der Waals surface area (Å²) in [5.41, 5.74) is 7.55. The van der Waals surface area contributed by atoms with Crippen molar-refractivity contribution in [3.8, 4) is 5.75 Å². The minimum Gasteiger partial charge on any atom is -0.481 e. The number of methoxy groups -OCH3 is 1. The van der Waals surface area contributed by atoms with Crippen LogP contribution in [0.2, 0.25) is 0 Å². The average Bonchev–Trinajstić information content (AvgIpc) is 2.41. The molecule has 19 heavy (non-hydrogen) atoms. The van der Waals surface area contributed by atoms with Crippen molar-refractivity contribution in [2.45, 2.75) is 26.5 Å². The third-order valence-electron chi connectivity index (χ3n) is 2.77. The molecule has 1 aromatic carbocycles. The first-order valence-electron chi connectivity index (χ1n) is 6.31. The monoisotopic (exact) mass is 266 g/mol. The molecule has 3 N–H and O–H groups in total. The van der Waals surface area contributed by atoms with Gasteiger partial charge in [-0.05, 0) is 31.0 Å². The molecule has 0 bridgehead atoms. The highest BCUT2D eigenvalue weighted by molar-refractivity contribution is 5.80. The van der Waals surface area contributed by atoms with E-state index in [9.17, 15) is 4.79 Å². The molecule has 0 aliphatic carbocycles. The lowest BCUT2D eigenvalue weighted by atomic mass is 10.1. The molecule has 0 spiro atoms. The number of carbonyl (C=O) groups excluding carboxylic acids is 1. The van der Waals surface area contributed by atoms with Gasteiger partial charge in [-0.3, -0.25) is 4.79 Å². The first-order valence-corrected chi connectivity index (χ1v) is 6.31. The summed E-state index contributed by atoms with van der Waals surface area (Å²) in [7, 11) is 1.59. The topological polar surface area (TPSA) is 73.6 Å². The maximum absolute atomic E-state index is 11.8. The van der Waals surface area contributed by atoms with Gasteiger partial charge in [0.1, 0.15) is 5.75 Å². The normalized spacial score (nSPS) is 12.0. The van der Waals surface area contributed by atoms with Gasteiger partial charge in [-0.2, -0.15) is 0 Å². The fourth-order valence-corrected chi connectivity index (χ4v) is 1.56. The van der Waals surface area contributed by atoms with Crippen LogP contribution in [0.25, 0.3) is 0 Å².